The van der Waals surface area contributed by atoms with E-state index in [-0.39, 0.29) is 6.04 Å². The first kappa shape index (κ1) is 19.7. The second kappa shape index (κ2) is 9.78. The van der Waals surface area contributed by atoms with E-state index in [1.807, 2.05) is 18.0 Å². The highest BCUT2D eigenvalue weighted by Crippen LogP contribution is 2.31. The Morgan fingerprint density at radius 1 is 1.40 bits per heavy atom. The molecule has 1 aliphatic heterocycles. The van der Waals surface area contributed by atoms with Gasteiger partial charge in [-0.05, 0) is 50.3 Å². The number of methoxy groups -OCH3 is 1. The van der Waals surface area contributed by atoms with Crippen LogP contribution in [0.25, 0.3) is 0 Å². The van der Waals surface area contributed by atoms with Crippen molar-refractivity contribution in [3.8, 4) is 0 Å². The van der Waals surface area contributed by atoms with E-state index in [1.165, 1.54) is 5.56 Å². The summed E-state index contributed by atoms with van der Waals surface area (Å²) in [5, 5.41) is 3.21. The first-order chi connectivity index (χ1) is 12.1. The van der Waals surface area contributed by atoms with Crippen LogP contribution in [0.2, 0.25) is 0 Å². The van der Waals surface area contributed by atoms with Gasteiger partial charge in [-0.25, -0.2) is 0 Å². The minimum atomic E-state index is 0.266. The minimum Gasteiger partial charge on any atom is -0.386 e. The molecule has 1 aliphatic rings. The van der Waals surface area contributed by atoms with E-state index in [9.17, 15) is 4.79 Å². The van der Waals surface area contributed by atoms with Gasteiger partial charge in [0.15, 0.2) is 0 Å². The van der Waals surface area contributed by atoms with Crippen LogP contribution >= 0.6 is 0 Å². The lowest BCUT2D eigenvalue weighted by molar-refractivity contribution is -0.108. The molecule has 0 spiro atoms. The van der Waals surface area contributed by atoms with Crippen molar-refractivity contribution in [3.05, 3.63) is 23.8 Å². The summed E-state index contributed by atoms with van der Waals surface area (Å²) in [5.74, 6) is 0. The fourth-order valence-electron chi connectivity index (χ4n) is 3.83. The quantitative estimate of drug-likeness (QED) is 0.696. The number of carbonyl (C=O) groups is 1. The van der Waals surface area contributed by atoms with Crippen LogP contribution in [0.4, 0.5) is 11.4 Å². The fourth-order valence-corrected chi connectivity index (χ4v) is 3.83. The number of ether oxygens (including phenoxy) is 1. The smallest absolute Gasteiger partial charge is 0.214 e. The molecule has 1 atom stereocenters. The van der Waals surface area contributed by atoms with Crippen molar-refractivity contribution in [1.29, 1.82) is 0 Å². The number of nitrogens with zero attached hydrogens (tertiary/aromatic N) is 2. The van der Waals surface area contributed by atoms with Crippen LogP contribution < -0.4 is 10.2 Å². The van der Waals surface area contributed by atoms with Gasteiger partial charge in [0.2, 0.25) is 6.41 Å². The van der Waals surface area contributed by atoms with Crippen molar-refractivity contribution < 1.29 is 9.53 Å². The number of hydrogen-bond acceptors (Lipinski definition) is 4. The Balaban J connectivity index is 2.05. The zero-order valence-corrected chi connectivity index (χ0v) is 16.1. The van der Waals surface area contributed by atoms with Crippen molar-refractivity contribution in [3.63, 3.8) is 0 Å². The van der Waals surface area contributed by atoms with E-state index in [1.54, 1.807) is 7.11 Å². The molecule has 1 unspecified atom stereocenters. The molecule has 1 amide bonds. The van der Waals surface area contributed by atoms with Gasteiger partial charge in [-0.15, -0.1) is 0 Å². The van der Waals surface area contributed by atoms with Crippen LogP contribution in [-0.2, 0) is 9.53 Å². The number of piperidine rings is 1. The summed E-state index contributed by atoms with van der Waals surface area (Å²) in [7, 11) is 3.67. The van der Waals surface area contributed by atoms with Crippen molar-refractivity contribution in [2.75, 3.05) is 44.1 Å². The number of carbonyl (C=O) groups excluding carboxylic acids is 1. The van der Waals surface area contributed by atoms with E-state index in [4.69, 9.17) is 4.74 Å². The predicted molar refractivity (Wildman–Crippen MR) is 104 cm³/mol. The third kappa shape index (κ3) is 4.95. The maximum Gasteiger partial charge on any atom is 0.214 e. The molecule has 1 aromatic carbocycles. The van der Waals surface area contributed by atoms with Gasteiger partial charge >= 0.3 is 0 Å². The Hall–Kier alpha value is -1.59. The van der Waals surface area contributed by atoms with Crippen LogP contribution in [0, 0.1) is 6.92 Å². The molecule has 0 aliphatic carbocycles. The van der Waals surface area contributed by atoms with Gasteiger partial charge < -0.3 is 19.9 Å². The van der Waals surface area contributed by atoms with Gasteiger partial charge in [-0.3, -0.25) is 4.79 Å². The molecule has 5 nitrogen and oxygen atoms in total. The van der Waals surface area contributed by atoms with E-state index in [0.717, 1.165) is 63.2 Å². The standard InChI is InChI=1S/C20H33N3O2/c1-5-17(10-13-25-4)22-11-8-18(9-12-22)23(15-24)20-14-16(2)6-7-19(20)21-3/h6-7,14-15,17-18,21H,5,8-13H2,1-4H3. The van der Waals surface area contributed by atoms with Crippen LogP contribution in [0.3, 0.4) is 0 Å². The zero-order valence-electron chi connectivity index (χ0n) is 16.1. The number of benzene rings is 1. The molecule has 1 N–H and O–H groups in total. The van der Waals surface area contributed by atoms with E-state index >= 15 is 0 Å². The minimum absolute atomic E-state index is 0.266. The Morgan fingerprint density at radius 3 is 2.68 bits per heavy atom. The molecule has 0 bridgehead atoms. The SMILES string of the molecule is CCC(CCOC)N1CCC(N(C=O)c2cc(C)ccc2NC)CC1. The van der Waals surface area contributed by atoms with Gasteiger partial charge in [-0.2, -0.15) is 0 Å². The first-order valence-corrected chi connectivity index (χ1v) is 9.39. The van der Waals surface area contributed by atoms with E-state index in [0.29, 0.717) is 6.04 Å². The van der Waals surface area contributed by atoms with Crippen LogP contribution in [0.5, 0.6) is 0 Å². The average molecular weight is 348 g/mol. The van der Waals surface area contributed by atoms with Gasteiger partial charge in [-0.1, -0.05) is 13.0 Å². The lowest BCUT2D eigenvalue weighted by Gasteiger charge is -2.40. The third-order valence-electron chi connectivity index (χ3n) is 5.35. The Morgan fingerprint density at radius 2 is 2.12 bits per heavy atom. The molecule has 0 radical (unpaired) electrons. The van der Waals surface area contributed by atoms with Crippen molar-refractivity contribution in [1.82, 2.24) is 4.90 Å². The maximum atomic E-state index is 11.9. The van der Waals surface area contributed by atoms with Crippen LogP contribution in [0.15, 0.2) is 18.2 Å². The molecule has 5 heteroatoms. The normalized spacial score (nSPS) is 17.3. The van der Waals surface area contributed by atoms with E-state index in [2.05, 4.69) is 36.2 Å². The predicted octanol–water partition coefficient (Wildman–Crippen LogP) is 3.28. The summed E-state index contributed by atoms with van der Waals surface area (Å²) >= 11 is 0. The highest BCUT2D eigenvalue weighted by molar-refractivity contribution is 5.84. The van der Waals surface area contributed by atoms with Gasteiger partial charge in [0.25, 0.3) is 0 Å². The number of aryl methyl sites for hydroxylation is 1. The number of rotatable bonds is 9. The molecule has 1 saturated heterocycles. The Bertz CT molecular complexity index is 542. The molecule has 1 fully saturated rings. The van der Waals surface area contributed by atoms with Crippen molar-refractivity contribution in [2.24, 2.45) is 0 Å². The fraction of sp³-hybridized carbons (Fsp3) is 0.650. The zero-order chi connectivity index (χ0) is 18.2. The molecule has 1 aromatic rings. The second-order valence-corrected chi connectivity index (χ2v) is 6.89. The highest BCUT2D eigenvalue weighted by Gasteiger charge is 2.28. The summed E-state index contributed by atoms with van der Waals surface area (Å²) in [6, 6.07) is 7.07. The topological polar surface area (TPSA) is 44.8 Å². The summed E-state index contributed by atoms with van der Waals surface area (Å²) in [6.07, 6.45) is 5.25. The lowest BCUT2D eigenvalue weighted by Crippen LogP contribution is -2.48. The molecular weight excluding hydrogens is 314 g/mol. The largest absolute Gasteiger partial charge is 0.386 e. The van der Waals surface area contributed by atoms with Gasteiger partial charge in [0.1, 0.15) is 0 Å². The summed E-state index contributed by atoms with van der Waals surface area (Å²) in [4.78, 5) is 16.4. The first-order valence-electron chi connectivity index (χ1n) is 9.39. The highest BCUT2D eigenvalue weighted by atomic mass is 16.5. The number of hydrogen-bond donors (Lipinski definition) is 1. The summed E-state index contributed by atoms with van der Waals surface area (Å²) < 4.78 is 5.25. The molecule has 140 valence electrons. The maximum absolute atomic E-state index is 11.9. The molecule has 25 heavy (non-hydrogen) atoms. The van der Waals surface area contributed by atoms with Crippen LogP contribution in [0.1, 0.15) is 38.2 Å². The molecular formula is C20H33N3O2. The van der Waals surface area contributed by atoms with Gasteiger partial charge in [0, 0.05) is 45.9 Å². The van der Waals surface area contributed by atoms with Crippen LogP contribution in [-0.4, -0.2) is 57.2 Å². The molecule has 0 aromatic heterocycles. The monoisotopic (exact) mass is 347 g/mol. The number of anilines is 2. The Kier molecular flexibility index (Phi) is 7.72. The molecule has 1 heterocycles. The third-order valence-corrected chi connectivity index (χ3v) is 5.35. The lowest BCUT2D eigenvalue weighted by atomic mass is 9.99. The Labute approximate surface area is 152 Å². The van der Waals surface area contributed by atoms with Crippen molar-refractivity contribution >= 4 is 17.8 Å². The summed E-state index contributed by atoms with van der Waals surface area (Å²) in [6.45, 7) is 7.20. The van der Waals surface area contributed by atoms with Crippen molar-refractivity contribution in [2.45, 2.75) is 51.6 Å². The second-order valence-electron chi connectivity index (χ2n) is 6.89. The van der Waals surface area contributed by atoms with E-state index < -0.39 is 0 Å². The molecule has 0 saturated carbocycles. The van der Waals surface area contributed by atoms with Gasteiger partial charge in [0.05, 0.1) is 11.4 Å². The number of amides is 1. The summed E-state index contributed by atoms with van der Waals surface area (Å²) in [5.41, 5.74) is 3.16. The number of nitrogens with one attached hydrogen (secondary N) is 1. The molecule has 2 rings (SSSR count). The average Bonchev–Trinajstić information content (AvgIpc) is 2.64. The number of likely N-dealkylation sites (tertiary alicyclic amines) is 1.